The summed E-state index contributed by atoms with van der Waals surface area (Å²) in [6, 6.07) is -5.55. The molecular weight excluding hydrogens is 1060 g/mol. The molecule has 0 aliphatic carbocycles. The summed E-state index contributed by atoms with van der Waals surface area (Å²) in [6.45, 7) is -3.24. The van der Waals surface area contributed by atoms with Gasteiger partial charge in [0.15, 0.2) is 18.9 Å². The monoisotopic (exact) mass is 1130 g/mol. The molecule has 21 N–H and O–H groups in total. The Hall–Kier alpha value is -3.65. The lowest BCUT2D eigenvalue weighted by molar-refractivity contribution is -0.401. The first kappa shape index (κ1) is 64.2. The van der Waals surface area contributed by atoms with Gasteiger partial charge in [0.05, 0.1) is 57.3 Å². The van der Waals surface area contributed by atoms with Gasteiger partial charge in [-0.15, -0.1) is 0 Å². The molecule has 0 aromatic heterocycles. The predicted octanol–water partition coefficient (Wildman–Crippen LogP) is -13.1. The summed E-state index contributed by atoms with van der Waals surface area (Å²) < 4.78 is 51.5. The Kier molecular flexibility index (Phi) is 22.3. The highest BCUT2D eigenvalue weighted by Gasteiger charge is 2.63. The van der Waals surface area contributed by atoms with Gasteiger partial charge in [-0.1, -0.05) is 0 Å². The van der Waals surface area contributed by atoms with E-state index in [-0.39, 0.29) is 0 Å². The van der Waals surface area contributed by atoms with Gasteiger partial charge in [-0.2, -0.15) is 0 Å². The van der Waals surface area contributed by atoms with Gasteiger partial charge in [0.1, 0.15) is 110 Å². The van der Waals surface area contributed by atoms with Gasteiger partial charge in [-0.3, -0.25) is 14.4 Å². The third-order valence-electron chi connectivity index (χ3n) is 13.5. The largest absolute Gasteiger partial charge is 0.477 e. The van der Waals surface area contributed by atoms with E-state index >= 15 is 0 Å². The molecule has 35 nitrogen and oxygen atoms in total. The van der Waals surface area contributed by atoms with E-state index in [1.807, 2.05) is 0 Å². The molecule has 0 aromatic carbocycles. The molecule has 5 aliphatic heterocycles. The van der Waals surface area contributed by atoms with E-state index in [1.54, 1.807) is 0 Å². The number of aliphatic hydroxyl groups excluding tert-OH is 16. The Morgan fingerprint density at radius 1 is 0.532 bits per heavy atom. The highest BCUT2D eigenvalue weighted by Crippen LogP contribution is 2.42. The zero-order chi connectivity index (χ0) is 57.8. The smallest absolute Gasteiger partial charge is 0.364 e. The molecule has 0 aromatic rings. The van der Waals surface area contributed by atoms with E-state index in [4.69, 9.17) is 42.6 Å². The fourth-order valence-electron chi connectivity index (χ4n) is 9.64. The Labute approximate surface area is 434 Å². The average molecular weight is 1130 g/mol. The molecule has 444 valence electrons. The Balaban J connectivity index is 1.61. The third kappa shape index (κ3) is 13.9. The van der Waals surface area contributed by atoms with Crippen molar-refractivity contribution in [2.45, 2.75) is 198 Å². The first-order chi connectivity index (χ1) is 36.0. The van der Waals surface area contributed by atoms with Crippen LogP contribution in [0.2, 0.25) is 0 Å². The summed E-state index contributed by atoms with van der Waals surface area (Å²) in [5, 5.41) is 201. The lowest BCUT2D eigenvalue weighted by atomic mass is 9.87. The topological polar surface area (TPSA) is 569 Å². The van der Waals surface area contributed by atoms with E-state index < -0.39 is 240 Å². The minimum absolute atomic E-state index is 0.873. The summed E-state index contributed by atoms with van der Waals surface area (Å²) in [6.07, 6.45) is -50.7. The SMILES string of the molecule is CC(=O)N[C@H]1[C@H](O[C@@H]2[C@H](O[C@]3(C(=O)O)C[C@H](O)[C@@H](NC(C)=O)[C@H]([C@H](O)[C@@H](CO)O[C@]4(C(=O)O)C[C@H](O)[C@@H](NC(C)=O)[C@H]([C@H](O)[C@H](O)CO)O4)O3)[C@@H](O)[C@H](O[C@H]3[C@H](O)[C@@H](O)[C@@H](O)O[C@@H]3CO)O[C@@H]2CO)O[C@H](CO)[C@H](O)[C@@H]1O. The van der Waals surface area contributed by atoms with E-state index in [0.717, 1.165) is 20.8 Å². The van der Waals surface area contributed by atoms with Crippen LogP contribution < -0.4 is 16.0 Å². The quantitative estimate of drug-likeness (QED) is 0.0479. The molecule has 3 amide bonds. The van der Waals surface area contributed by atoms with Crippen LogP contribution in [-0.4, -0.2) is 319 Å². The Morgan fingerprint density at radius 2 is 1.00 bits per heavy atom. The van der Waals surface area contributed by atoms with Crippen LogP contribution in [-0.2, 0) is 66.6 Å². The molecule has 0 spiro atoms. The number of carbonyl (C=O) groups is 5. The number of carboxylic acids is 2. The summed E-state index contributed by atoms with van der Waals surface area (Å²) in [7, 11) is 0. The van der Waals surface area contributed by atoms with Crippen LogP contribution in [0.15, 0.2) is 0 Å². The van der Waals surface area contributed by atoms with E-state index in [1.165, 1.54) is 0 Å². The van der Waals surface area contributed by atoms with Crippen LogP contribution in [0.5, 0.6) is 0 Å². The fourth-order valence-corrected chi connectivity index (χ4v) is 9.64. The number of nitrogens with one attached hydrogen (secondary N) is 3. The lowest BCUT2D eigenvalue weighted by Crippen LogP contribution is -2.72. The van der Waals surface area contributed by atoms with Gasteiger partial charge in [0.2, 0.25) is 17.7 Å². The average Bonchev–Trinajstić information content (AvgIpc) is 3.38. The second-order valence-corrected chi connectivity index (χ2v) is 19.0. The molecule has 77 heavy (non-hydrogen) atoms. The Bertz CT molecular complexity index is 2000. The molecule has 27 atom stereocenters. The maximum absolute atomic E-state index is 13.7. The van der Waals surface area contributed by atoms with Gasteiger partial charge in [0.25, 0.3) is 11.6 Å². The number of amides is 3. The first-order valence-electron chi connectivity index (χ1n) is 23.9. The Morgan fingerprint density at radius 3 is 1.49 bits per heavy atom. The molecule has 0 bridgehead atoms. The zero-order valence-electron chi connectivity index (χ0n) is 41.1. The second kappa shape index (κ2) is 26.7. The normalized spacial score (nSPS) is 43.2. The van der Waals surface area contributed by atoms with Gasteiger partial charge in [-0.25, -0.2) is 9.59 Å². The number of rotatable bonds is 22. The van der Waals surface area contributed by atoms with Crippen molar-refractivity contribution in [3.63, 3.8) is 0 Å². The minimum Gasteiger partial charge on any atom is -0.477 e. The molecule has 5 fully saturated rings. The molecule has 5 heterocycles. The molecule has 5 aliphatic rings. The molecule has 0 radical (unpaired) electrons. The molecule has 0 unspecified atom stereocenters. The van der Waals surface area contributed by atoms with Crippen LogP contribution in [0.3, 0.4) is 0 Å². The van der Waals surface area contributed by atoms with Crippen LogP contribution in [0.1, 0.15) is 33.6 Å². The first-order valence-corrected chi connectivity index (χ1v) is 23.9. The highest BCUT2D eigenvalue weighted by molar-refractivity contribution is 5.77. The van der Waals surface area contributed by atoms with Crippen molar-refractivity contribution in [1.82, 2.24) is 16.0 Å². The third-order valence-corrected chi connectivity index (χ3v) is 13.5. The number of aliphatic carboxylic acids is 2. The van der Waals surface area contributed by atoms with Crippen molar-refractivity contribution in [3.8, 4) is 0 Å². The molecule has 0 saturated carbocycles. The maximum atomic E-state index is 13.7. The van der Waals surface area contributed by atoms with Gasteiger partial charge in [-0.05, 0) is 0 Å². The number of hydrogen-bond acceptors (Lipinski definition) is 30. The number of ether oxygens (including phenoxy) is 9. The fraction of sp³-hybridized carbons (Fsp3) is 0.881. The van der Waals surface area contributed by atoms with Crippen molar-refractivity contribution in [2.75, 3.05) is 33.0 Å². The number of hydrogen-bond donors (Lipinski definition) is 21. The summed E-state index contributed by atoms with van der Waals surface area (Å²) in [5.74, 6) is -14.1. The van der Waals surface area contributed by atoms with Crippen LogP contribution in [0, 0.1) is 0 Å². The number of carbonyl (C=O) groups excluding carboxylic acids is 3. The van der Waals surface area contributed by atoms with Crippen molar-refractivity contribution in [1.29, 1.82) is 0 Å². The van der Waals surface area contributed by atoms with E-state index in [0.29, 0.717) is 0 Å². The molecule has 35 heteroatoms. The van der Waals surface area contributed by atoms with Crippen molar-refractivity contribution in [2.24, 2.45) is 0 Å². The summed E-state index contributed by atoms with van der Waals surface area (Å²) >= 11 is 0. The highest BCUT2D eigenvalue weighted by atomic mass is 16.8. The minimum atomic E-state index is -3.53. The lowest BCUT2D eigenvalue weighted by Gasteiger charge is -2.52. The maximum Gasteiger partial charge on any atom is 0.364 e. The van der Waals surface area contributed by atoms with Crippen LogP contribution >= 0.6 is 0 Å². The van der Waals surface area contributed by atoms with Crippen molar-refractivity contribution in [3.05, 3.63) is 0 Å². The van der Waals surface area contributed by atoms with Gasteiger partial charge in [0, 0.05) is 33.6 Å². The predicted molar refractivity (Wildman–Crippen MR) is 236 cm³/mol. The molecular formula is C42H69N3O32. The molecule has 5 rings (SSSR count). The zero-order valence-corrected chi connectivity index (χ0v) is 41.1. The van der Waals surface area contributed by atoms with Gasteiger partial charge >= 0.3 is 11.9 Å². The molecule has 5 saturated heterocycles. The number of carboxylic acid groups (broad SMARTS) is 2. The van der Waals surface area contributed by atoms with Crippen LogP contribution in [0.4, 0.5) is 0 Å². The van der Waals surface area contributed by atoms with Gasteiger partial charge < -0.3 is 150 Å². The second-order valence-electron chi connectivity index (χ2n) is 19.0. The summed E-state index contributed by atoms with van der Waals surface area (Å²) in [4.78, 5) is 63.9. The summed E-state index contributed by atoms with van der Waals surface area (Å²) in [5.41, 5.74) is 0. The van der Waals surface area contributed by atoms with Crippen LogP contribution in [0.25, 0.3) is 0 Å². The van der Waals surface area contributed by atoms with E-state index in [9.17, 15) is 116 Å². The van der Waals surface area contributed by atoms with Crippen molar-refractivity contribution >= 4 is 29.7 Å². The standard InChI is InChI=1S/C42H69N3O32/c1-11(51)43-21-14(54)4-41(39(65)66,75-33(21)24(57)16(56)6-46)74-18(8-48)26(59)34-22(44-12(2)52)15(55)5-42(76-34,40(67)68)77-35-30(63)38(72-31-19(9-49)69-36(64)29(62)28(31)61)71-20(10-50)32(35)73-37-23(45-13(3)53)27(60)25(58)17(7-47)70-37/h14-38,46-50,54-64H,4-10H2,1-3H3,(H,43,51)(H,44,52)(H,45,53)(H,65,66)(H,67,68)/t14-,15-,16+,17+,18+,19+,20+,21+,22+,23+,24+,25-,26+,27+,28+,29+,30+,31+,32-,33+,34+,35+,36-,37-,38-,41+,42-/m0/s1. The van der Waals surface area contributed by atoms with E-state index in [2.05, 4.69) is 16.0 Å². The number of aliphatic hydroxyl groups is 16. The van der Waals surface area contributed by atoms with Crippen molar-refractivity contribution < 1.29 is 159 Å².